The van der Waals surface area contributed by atoms with Gasteiger partial charge in [0.05, 0.1) is 11.5 Å². The van der Waals surface area contributed by atoms with Crippen LogP contribution in [0.2, 0.25) is 0 Å². The summed E-state index contributed by atoms with van der Waals surface area (Å²) in [5.41, 5.74) is 0.0386. The van der Waals surface area contributed by atoms with Crippen molar-refractivity contribution in [3.05, 3.63) is 24.3 Å². The van der Waals surface area contributed by atoms with Gasteiger partial charge in [0.2, 0.25) is 0 Å². The molecule has 0 saturated carbocycles. The first-order valence-electron chi connectivity index (χ1n) is 5.28. The number of halogens is 1. The minimum Gasteiger partial charge on any atom is -0.396 e. The van der Waals surface area contributed by atoms with Crippen molar-refractivity contribution in [2.75, 3.05) is 13.2 Å². The molecule has 1 rings (SSSR count). The summed E-state index contributed by atoms with van der Waals surface area (Å²) < 4.78 is 0. The van der Waals surface area contributed by atoms with Gasteiger partial charge in [0.1, 0.15) is 0 Å². The molecular weight excluding hydrogens is 210 g/mol. The quantitative estimate of drug-likeness (QED) is 0.727. The van der Waals surface area contributed by atoms with Crippen molar-refractivity contribution in [1.82, 2.24) is 5.32 Å². The summed E-state index contributed by atoms with van der Waals surface area (Å²) in [6.07, 6.45) is 7.77. The summed E-state index contributed by atoms with van der Waals surface area (Å²) in [5.74, 6) is -0.0148. The molecule has 0 spiro atoms. The number of alkyl halides is 1. The minimum absolute atomic E-state index is 0.0148. The average Bonchev–Trinajstić information content (AvgIpc) is 2.15. The van der Waals surface area contributed by atoms with Crippen LogP contribution >= 0.6 is 11.6 Å². The van der Waals surface area contributed by atoms with E-state index in [0.717, 1.165) is 0 Å². The third-order valence-corrected chi connectivity index (χ3v) is 3.07. The Morgan fingerprint density at radius 2 is 2.07 bits per heavy atom. The van der Waals surface area contributed by atoms with Gasteiger partial charge in [-0.1, -0.05) is 24.3 Å². The first-order chi connectivity index (χ1) is 6.87. The monoisotopic (exact) mass is 229 g/mol. The normalized spacial score (nSPS) is 30.9. The summed E-state index contributed by atoms with van der Waals surface area (Å²) >= 11 is 6.49. The lowest BCUT2D eigenvalue weighted by Crippen LogP contribution is -2.48. The third kappa shape index (κ3) is 3.63. The van der Waals surface area contributed by atoms with Crippen molar-refractivity contribution >= 4 is 11.6 Å². The highest BCUT2D eigenvalue weighted by atomic mass is 35.5. The smallest absolute Gasteiger partial charge is 0.0837 e. The van der Waals surface area contributed by atoms with Crippen LogP contribution in [-0.4, -0.2) is 28.7 Å². The molecule has 1 aliphatic rings. The molecule has 2 atom stereocenters. The maximum Gasteiger partial charge on any atom is 0.0837 e. The molecular formula is C12H20ClNO. The minimum atomic E-state index is -0.503. The van der Waals surface area contributed by atoms with Gasteiger partial charge in [0.15, 0.2) is 0 Å². The predicted molar refractivity (Wildman–Crippen MR) is 65.2 cm³/mol. The van der Waals surface area contributed by atoms with Crippen molar-refractivity contribution in [3.8, 4) is 0 Å². The highest BCUT2D eigenvalue weighted by Gasteiger charge is 2.34. The second-order valence-electron chi connectivity index (χ2n) is 5.06. The van der Waals surface area contributed by atoms with E-state index < -0.39 is 4.87 Å². The number of allylic oxidation sites excluding steroid dienone is 2. The fourth-order valence-corrected chi connectivity index (χ4v) is 1.78. The van der Waals surface area contributed by atoms with Crippen molar-refractivity contribution in [2.45, 2.75) is 31.2 Å². The van der Waals surface area contributed by atoms with Gasteiger partial charge in [0, 0.05) is 18.0 Å². The van der Waals surface area contributed by atoms with Crippen LogP contribution in [0.15, 0.2) is 24.3 Å². The second-order valence-corrected chi connectivity index (χ2v) is 5.77. The molecule has 0 aromatic carbocycles. The average molecular weight is 230 g/mol. The SMILES string of the molecule is CC(C)(C)NCC1(Cl)C=CC=CC1CO. The van der Waals surface area contributed by atoms with E-state index in [2.05, 4.69) is 26.1 Å². The summed E-state index contributed by atoms with van der Waals surface area (Å²) in [4.78, 5) is -0.503. The van der Waals surface area contributed by atoms with Crippen LogP contribution in [0.3, 0.4) is 0 Å². The van der Waals surface area contributed by atoms with Gasteiger partial charge in [0.25, 0.3) is 0 Å². The van der Waals surface area contributed by atoms with E-state index in [-0.39, 0.29) is 18.1 Å². The number of aliphatic hydroxyl groups excluding tert-OH is 1. The predicted octanol–water partition coefficient (Wildman–Crippen LogP) is 2.09. The van der Waals surface area contributed by atoms with E-state index in [1.54, 1.807) is 0 Å². The maximum atomic E-state index is 9.26. The van der Waals surface area contributed by atoms with Gasteiger partial charge < -0.3 is 10.4 Å². The molecule has 2 N–H and O–H groups in total. The molecule has 0 aromatic heterocycles. The second kappa shape index (κ2) is 4.69. The van der Waals surface area contributed by atoms with Crippen molar-refractivity contribution in [1.29, 1.82) is 0 Å². The first-order valence-corrected chi connectivity index (χ1v) is 5.66. The fraction of sp³-hybridized carbons (Fsp3) is 0.667. The Labute approximate surface area is 97.0 Å². The van der Waals surface area contributed by atoms with Gasteiger partial charge in [-0.3, -0.25) is 0 Å². The van der Waals surface area contributed by atoms with E-state index in [4.69, 9.17) is 11.6 Å². The van der Waals surface area contributed by atoms with Crippen LogP contribution in [0.25, 0.3) is 0 Å². The van der Waals surface area contributed by atoms with Crippen LogP contribution in [0, 0.1) is 5.92 Å². The van der Waals surface area contributed by atoms with Crippen LogP contribution in [0.4, 0.5) is 0 Å². The highest BCUT2D eigenvalue weighted by molar-refractivity contribution is 6.26. The molecule has 15 heavy (non-hydrogen) atoms. The topological polar surface area (TPSA) is 32.3 Å². The molecule has 0 aliphatic heterocycles. The molecule has 0 aromatic rings. The zero-order valence-electron chi connectivity index (χ0n) is 9.63. The fourth-order valence-electron chi connectivity index (χ4n) is 1.50. The van der Waals surface area contributed by atoms with Crippen molar-refractivity contribution in [3.63, 3.8) is 0 Å². The Kier molecular flexibility index (Phi) is 3.99. The van der Waals surface area contributed by atoms with Gasteiger partial charge in [-0.15, -0.1) is 11.6 Å². The van der Waals surface area contributed by atoms with Crippen LogP contribution < -0.4 is 5.32 Å². The molecule has 3 heteroatoms. The molecule has 0 amide bonds. The summed E-state index contributed by atoms with van der Waals surface area (Å²) in [6.45, 7) is 7.04. The molecule has 2 unspecified atom stereocenters. The summed E-state index contributed by atoms with van der Waals surface area (Å²) in [7, 11) is 0. The van der Waals surface area contributed by atoms with E-state index in [1.165, 1.54) is 0 Å². The standard InChI is InChI=1S/C12H20ClNO/c1-11(2,3)14-9-12(13)7-5-4-6-10(12)8-15/h4-7,10,14-15H,8-9H2,1-3H3. The van der Waals surface area contributed by atoms with Crippen molar-refractivity contribution in [2.24, 2.45) is 5.92 Å². The number of aliphatic hydroxyl groups is 1. The summed E-state index contributed by atoms with van der Waals surface area (Å²) in [5, 5.41) is 12.6. The Balaban J connectivity index is 2.64. The molecule has 0 heterocycles. The molecule has 86 valence electrons. The first kappa shape index (κ1) is 12.8. The molecule has 0 saturated heterocycles. The Bertz CT molecular complexity index is 267. The van der Waals surface area contributed by atoms with Crippen LogP contribution in [-0.2, 0) is 0 Å². The molecule has 0 bridgehead atoms. The van der Waals surface area contributed by atoms with Crippen molar-refractivity contribution < 1.29 is 5.11 Å². The molecule has 0 radical (unpaired) electrons. The largest absolute Gasteiger partial charge is 0.396 e. The number of rotatable bonds is 3. The molecule has 1 aliphatic carbocycles. The maximum absolute atomic E-state index is 9.26. The highest BCUT2D eigenvalue weighted by Crippen LogP contribution is 2.31. The van der Waals surface area contributed by atoms with Crippen LogP contribution in [0.5, 0.6) is 0 Å². The molecule has 0 fully saturated rings. The lowest BCUT2D eigenvalue weighted by molar-refractivity contribution is 0.225. The van der Waals surface area contributed by atoms with Gasteiger partial charge in [-0.25, -0.2) is 0 Å². The van der Waals surface area contributed by atoms with E-state index >= 15 is 0 Å². The van der Waals surface area contributed by atoms with E-state index in [1.807, 2.05) is 24.3 Å². The van der Waals surface area contributed by atoms with E-state index in [9.17, 15) is 5.11 Å². The number of hydrogen-bond acceptors (Lipinski definition) is 2. The number of hydrogen-bond donors (Lipinski definition) is 2. The molecule has 2 nitrogen and oxygen atoms in total. The van der Waals surface area contributed by atoms with E-state index in [0.29, 0.717) is 6.54 Å². The Hall–Kier alpha value is -0.310. The lowest BCUT2D eigenvalue weighted by atomic mass is 9.87. The van der Waals surface area contributed by atoms with Crippen LogP contribution in [0.1, 0.15) is 20.8 Å². The lowest BCUT2D eigenvalue weighted by Gasteiger charge is -2.35. The number of nitrogens with one attached hydrogen (secondary N) is 1. The third-order valence-electron chi connectivity index (χ3n) is 2.53. The summed E-state index contributed by atoms with van der Waals surface area (Å²) in [6, 6.07) is 0. The zero-order chi connectivity index (χ0) is 11.5. The van der Waals surface area contributed by atoms with Gasteiger partial charge in [-0.05, 0) is 20.8 Å². The van der Waals surface area contributed by atoms with Gasteiger partial charge in [-0.2, -0.15) is 0 Å². The Morgan fingerprint density at radius 1 is 1.40 bits per heavy atom. The Morgan fingerprint density at radius 3 is 2.60 bits per heavy atom. The van der Waals surface area contributed by atoms with Gasteiger partial charge >= 0.3 is 0 Å². The zero-order valence-corrected chi connectivity index (χ0v) is 10.4.